The third-order valence-electron chi connectivity index (χ3n) is 4.40. The van der Waals surface area contributed by atoms with Crippen molar-refractivity contribution in [3.8, 4) is 0 Å². The van der Waals surface area contributed by atoms with Crippen LogP contribution in [0.2, 0.25) is 5.02 Å². The molecule has 2 atom stereocenters. The van der Waals surface area contributed by atoms with E-state index in [-0.39, 0.29) is 11.9 Å². The Morgan fingerprint density at radius 1 is 1.30 bits per heavy atom. The number of rotatable bonds is 5. The maximum Gasteiger partial charge on any atom is 0.225 e. The number of anilines is 1. The van der Waals surface area contributed by atoms with Gasteiger partial charge in [-0.25, -0.2) is 4.68 Å². The van der Waals surface area contributed by atoms with E-state index >= 15 is 0 Å². The molecule has 1 aliphatic carbocycles. The van der Waals surface area contributed by atoms with Crippen molar-refractivity contribution in [3.63, 3.8) is 0 Å². The van der Waals surface area contributed by atoms with Gasteiger partial charge in [-0.05, 0) is 36.5 Å². The number of carbonyl (C=O) groups is 1. The van der Waals surface area contributed by atoms with Crippen LogP contribution in [0.3, 0.4) is 0 Å². The number of aromatic nitrogens is 2. The van der Waals surface area contributed by atoms with Gasteiger partial charge in [0, 0.05) is 23.6 Å². The first kappa shape index (κ1) is 16.0. The van der Waals surface area contributed by atoms with Gasteiger partial charge in [0.2, 0.25) is 5.91 Å². The van der Waals surface area contributed by atoms with Gasteiger partial charge in [-0.3, -0.25) is 4.79 Å². The molecule has 0 radical (unpaired) electrons. The Balaban J connectivity index is 1.61. The lowest BCUT2D eigenvalue weighted by Gasteiger charge is -2.15. The van der Waals surface area contributed by atoms with E-state index in [1.807, 2.05) is 30.3 Å². The van der Waals surface area contributed by atoms with Crippen molar-refractivity contribution in [3.05, 3.63) is 47.1 Å². The molecule has 2 aromatic rings. The van der Waals surface area contributed by atoms with Gasteiger partial charge in [0.1, 0.15) is 5.82 Å². The zero-order chi connectivity index (χ0) is 16.2. The van der Waals surface area contributed by atoms with Crippen molar-refractivity contribution in [1.82, 2.24) is 9.78 Å². The van der Waals surface area contributed by atoms with Gasteiger partial charge in [-0.2, -0.15) is 5.10 Å². The Hall–Kier alpha value is -1.85. The molecule has 1 fully saturated rings. The summed E-state index contributed by atoms with van der Waals surface area (Å²) in [5, 5.41) is 7.93. The number of nitrogens with two attached hydrogens (primary N) is 1. The molecular weight excluding hydrogens is 312 g/mol. The summed E-state index contributed by atoms with van der Waals surface area (Å²) in [6.45, 7) is 0.586. The molecule has 5 nitrogen and oxygen atoms in total. The van der Waals surface area contributed by atoms with Crippen molar-refractivity contribution in [2.45, 2.75) is 38.3 Å². The maximum atomic E-state index is 12.2. The van der Waals surface area contributed by atoms with E-state index < -0.39 is 0 Å². The number of halogens is 1. The second-order valence-electron chi connectivity index (χ2n) is 6.11. The normalized spacial score (nSPS) is 20.6. The molecule has 6 heteroatoms. The largest absolute Gasteiger partial charge is 0.327 e. The quantitative estimate of drug-likeness (QED) is 0.883. The van der Waals surface area contributed by atoms with E-state index in [2.05, 4.69) is 10.4 Å². The van der Waals surface area contributed by atoms with Gasteiger partial charge in [-0.1, -0.05) is 30.2 Å². The molecule has 0 unspecified atom stereocenters. The predicted octanol–water partition coefficient (Wildman–Crippen LogP) is 3.04. The lowest BCUT2D eigenvalue weighted by molar-refractivity contribution is -0.117. The molecule has 0 bridgehead atoms. The lowest BCUT2D eigenvalue weighted by Crippen LogP contribution is -2.28. The van der Waals surface area contributed by atoms with Crippen molar-refractivity contribution >= 4 is 23.3 Å². The van der Waals surface area contributed by atoms with E-state index in [9.17, 15) is 4.79 Å². The molecule has 1 saturated carbocycles. The van der Waals surface area contributed by atoms with Crippen LogP contribution < -0.4 is 11.1 Å². The van der Waals surface area contributed by atoms with Gasteiger partial charge >= 0.3 is 0 Å². The summed E-state index contributed by atoms with van der Waals surface area (Å²) < 4.78 is 1.77. The van der Waals surface area contributed by atoms with E-state index in [1.165, 1.54) is 0 Å². The van der Waals surface area contributed by atoms with E-state index in [0.29, 0.717) is 29.7 Å². The van der Waals surface area contributed by atoms with Crippen molar-refractivity contribution in [1.29, 1.82) is 0 Å². The van der Waals surface area contributed by atoms with Crippen LogP contribution in [0.1, 0.15) is 31.2 Å². The second kappa shape index (κ2) is 7.15. The third-order valence-corrected chi connectivity index (χ3v) is 4.65. The molecule has 0 aliphatic heterocycles. The minimum Gasteiger partial charge on any atom is -0.327 e. The SMILES string of the molecule is N[C@@H]1CCC[C@H]1CC(=O)Nc1ccnn1Cc1ccc(Cl)cc1. The average Bonchev–Trinajstić information content (AvgIpc) is 3.12. The summed E-state index contributed by atoms with van der Waals surface area (Å²) >= 11 is 5.90. The van der Waals surface area contributed by atoms with Gasteiger partial charge in [0.15, 0.2) is 0 Å². The van der Waals surface area contributed by atoms with Crippen LogP contribution in [0.15, 0.2) is 36.5 Å². The average molecular weight is 333 g/mol. The molecule has 3 rings (SSSR count). The molecule has 0 saturated heterocycles. The van der Waals surface area contributed by atoms with Crippen LogP contribution in [0.4, 0.5) is 5.82 Å². The van der Waals surface area contributed by atoms with E-state index in [4.69, 9.17) is 17.3 Å². The summed E-state index contributed by atoms with van der Waals surface area (Å²) in [4.78, 5) is 12.2. The Morgan fingerprint density at radius 3 is 2.78 bits per heavy atom. The van der Waals surface area contributed by atoms with Gasteiger partial charge < -0.3 is 11.1 Å². The first-order valence-electron chi connectivity index (χ1n) is 7.93. The molecular formula is C17H21ClN4O. The molecule has 122 valence electrons. The van der Waals surface area contributed by atoms with E-state index in [1.54, 1.807) is 10.9 Å². The number of nitrogens with zero attached hydrogens (tertiary/aromatic N) is 2. The standard InChI is InChI=1S/C17H21ClN4O/c18-14-6-4-12(5-7-14)11-22-16(8-9-20-22)21-17(23)10-13-2-1-3-15(13)19/h4-9,13,15H,1-3,10-11,19H2,(H,21,23)/t13-,15+/m0/s1. The Morgan fingerprint density at radius 2 is 2.09 bits per heavy atom. The lowest BCUT2D eigenvalue weighted by atomic mass is 10.00. The molecule has 3 N–H and O–H groups in total. The molecule has 0 spiro atoms. The zero-order valence-corrected chi connectivity index (χ0v) is 13.7. The summed E-state index contributed by atoms with van der Waals surface area (Å²) in [7, 11) is 0. The Labute approximate surface area is 140 Å². The van der Waals surface area contributed by atoms with Crippen LogP contribution in [-0.2, 0) is 11.3 Å². The molecule has 1 aromatic heterocycles. The van der Waals surface area contributed by atoms with Gasteiger partial charge in [0.05, 0.1) is 12.7 Å². The minimum atomic E-state index is 0.00482. The number of carbonyl (C=O) groups excluding carboxylic acids is 1. The van der Waals surface area contributed by atoms with Crippen molar-refractivity contribution in [2.75, 3.05) is 5.32 Å². The Kier molecular flexibility index (Phi) is 4.98. The highest BCUT2D eigenvalue weighted by molar-refractivity contribution is 6.30. The fourth-order valence-electron chi connectivity index (χ4n) is 3.08. The van der Waals surface area contributed by atoms with Gasteiger partial charge in [-0.15, -0.1) is 0 Å². The van der Waals surface area contributed by atoms with Gasteiger partial charge in [0.25, 0.3) is 0 Å². The smallest absolute Gasteiger partial charge is 0.225 e. The number of hydrogen-bond donors (Lipinski definition) is 2. The topological polar surface area (TPSA) is 72.9 Å². The highest BCUT2D eigenvalue weighted by Crippen LogP contribution is 2.27. The fraction of sp³-hybridized carbons (Fsp3) is 0.412. The molecule has 23 heavy (non-hydrogen) atoms. The number of hydrogen-bond acceptors (Lipinski definition) is 3. The zero-order valence-electron chi connectivity index (χ0n) is 12.9. The van der Waals surface area contributed by atoms with Crippen LogP contribution in [0, 0.1) is 5.92 Å². The molecule has 1 aromatic carbocycles. The third kappa shape index (κ3) is 4.12. The van der Waals surface area contributed by atoms with Crippen LogP contribution in [0.5, 0.6) is 0 Å². The molecule has 1 amide bonds. The van der Waals surface area contributed by atoms with E-state index in [0.717, 1.165) is 24.8 Å². The van der Waals surface area contributed by atoms with Crippen LogP contribution in [-0.4, -0.2) is 21.7 Å². The summed E-state index contributed by atoms with van der Waals surface area (Å²) in [6.07, 6.45) is 5.35. The molecule has 1 aliphatic rings. The highest BCUT2D eigenvalue weighted by Gasteiger charge is 2.26. The summed E-state index contributed by atoms with van der Waals surface area (Å²) in [5.74, 6) is 1.00. The monoisotopic (exact) mass is 332 g/mol. The maximum absolute atomic E-state index is 12.2. The Bertz CT molecular complexity index is 667. The first-order valence-corrected chi connectivity index (χ1v) is 8.31. The fourth-order valence-corrected chi connectivity index (χ4v) is 3.20. The predicted molar refractivity (Wildman–Crippen MR) is 91.3 cm³/mol. The van der Waals surface area contributed by atoms with Crippen molar-refractivity contribution in [2.24, 2.45) is 11.7 Å². The highest BCUT2D eigenvalue weighted by atomic mass is 35.5. The first-order chi connectivity index (χ1) is 11.1. The van der Waals surface area contributed by atoms with Crippen LogP contribution in [0.25, 0.3) is 0 Å². The number of nitrogens with one attached hydrogen (secondary N) is 1. The van der Waals surface area contributed by atoms with Crippen LogP contribution >= 0.6 is 11.6 Å². The minimum absolute atomic E-state index is 0.00482. The molecule has 1 heterocycles. The summed E-state index contributed by atoms with van der Waals surface area (Å²) in [5.41, 5.74) is 7.11. The summed E-state index contributed by atoms with van der Waals surface area (Å²) in [6, 6.07) is 9.56. The second-order valence-corrected chi connectivity index (χ2v) is 6.54. The van der Waals surface area contributed by atoms with Crippen molar-refractivity contribution < 1.29 is 4.79 Å². The number of amides is 1. The number of benzene rings is 1.